The number of aliphatic imine (C=N–C) groups is 1. The summed E-state index contributed by atoms with van der Waals surface area (Å²) in [6.07, 6.45) is 3.23. The van der Waals surface area contributed by atoms with Gasteiger partial charge < -0.3 is 15.8 Å². The number of aromatic nitrogens is 3. The molecule has 0 fully saturated rings. The number of pyridine rings is 1. The average molecular weight is 463 g/mol. The molecule has 0 unspecified atom stereocenters. The lowest BCUT2D eigenvalue weighted by molar-refractivity contribution is 0.476. The van der Waals surface area contributed by atoms with E-state index in [0.717, 1.165) is 39.2 Å². The van der Waals surface area contributed by atoms with Crippen LogP contribution in [0.25, 0.3) is 15.9 Å². The summed E-state index contributed by atoms with van der Waals surface area (Å²) in [6, 6.07) is 15.3. The molecule has 0 bridgehead atoms. The van der Waals surface area contributed by atoms with Crippen molar-refractivity contribution >= 4 is 28.4 Å². The number of nitrogens with one attached hydrogen (secondary N) is 2. The van der Waals surface area contributed by atoms with Crippen LogP contribution in [0.2, 0.25) is 0 Å². The fraction of sp³-hybridized carbons (Fsp3) is 0.115. The minimum absolute atomic E-state index is 0.0370. The molecule has 0 atom stereocenters. The predicted molar refractivity (Wildman–Crippen MR) is 136 cm³/mol. The van der Waals surface area contributed by atoms with Gasteiger partial charge in [0.1, 0.15) is 30.2 Å². The molecule has 4 N–H and O–H groups in total. The van der Waals surface area contributed by atoms with Crippen LogP contribution < -0.4 is 21.2 Å². The molecule has 2 aromatic carbocycles. The number of rotatable bonds is 5. The van der Waals surface area contributed by atoms with E-state index in [1.807, 2.05) is 62.4 Å². The van der Waals surface area contributed by atoms with Gasteiger partial charge in [0.25, 0.3) is 5.96 Å². The van der Waals surface area contributed by atoms with E-state index in [4.69, 9.17) is 17.0 Å². The van der Waals surface area contributed by atoms with Crippen LogP contribution in [0.1, 0.15) is 16.8 Å². The number of hydrogen-bond donors (Lipinski definition) is 3. The maximum atomic E-state index is 6.69. The van der Waals surface area contributed by atoms with E-state index >= 15 is 0 Å². The number of benzene rings is 2. The summed E-state index contributed by atoms with van der Waals surface area (Å²) < 4.78 is 5.96. The number of aryl methyl sites for hydroxylation is 2. The average Bonchev–Trinajstić information content (AvgIpc) is 2.85. The first-order chi connectivity index (χ1) is 17.0. The van der Waals surface area contributed by atoms with E-state index in [2.05, 4.69) is 47.5 Å². The summed E-state index contributed by atoms with van der Waals surface area (Å²) in [6.45, 7) is 10.8. The van der Waals surface area contributed by atoms with Crippen LogP contribution in [0.3, 0.4) is 0 Å². The Labute approximate surface area is 202 Å². The summed E-state index contributed by atoms with van der Waals surface area (Å²) in [5, 5.41) is 4.20. The van der Waals surface area contributed by atoms with Crippen molar-refractivity contribution in [3.05, 3.63) is 89.4 Å². The van der Waals surface area contributed by atoms with Gasteiger partial charge in [0.15, 0.2) is 0 Å². The summed E-state index contributed by atoms with van der Waals surface area (Å²) in [5.41, 5.74) is 12.1. The van der Waals surface area contributed by atoms with Gasteiger partial charge in [-0.15, -0.1) is 0 Å². The number of hydrogen-bond acceptors (Lipinski definition) is 6. The molecule has 0 radical (unpaired) electrons. The van der Waals surface area contributed by atoms with Crippen LogP contribution in [0.4, 0.5) is 11.5 Å². The lowest BCUT2D eigenvalue weighted by Gasteiger charge is -2.12. The standard InChI is InChI=1S/C26H22N8O/c1-17-13-20(8-11-24(17)35-21-9-6-18(2)30-15-21)33-25-22-14-19(7-10-23(22)31-16-32-25)5-4-12-29-26(27)34-28-3/h6-11,13-16H,12H2,1-2H3,(H3,27,29,34)(H,31,32,33). The van der Waals surface area contributed by atoms with E-state index in [9.17, 15) is 0 Å². The van der Waals surface area contributed by atoms with Crippen molar-refractivity contribution in [3.8, 4) is 23.3 Å². The van der Waals surface area contributed by atoms with Gasteiger partial charge in [-0.2, -0.15) is 11.5 Å². The van der Waals surface area contributed by atoms with Crippen LogP contribution in [0.5, 0.6) is 11.5 Å². The Kier molecular flexibility index (Phi) is 7.00. The van der Waals surface area contributed by atoms with Crippen molar-refractivity contribution in [3.63, 3.8) is 0 Å². The second-order valence-electron chi connectivity index (χ2n) is 7.52. The zero-order valence-corrected chi connectivity index (χ0v) is 19.2. The number of nitrogens with zero attached hydrogens (tertiary/aromatic N) is 5. The molecule has 4 aromatic rings. The van der Waals surface area contributed by atoms with Gasteiger partial charge in [-0.3, -0.25) is 4.98 Å². The van der Waals surface area contributed by atoms with E-state index < -0.39 is 0 Å². The van der Waals surface area contributed by atoms with Crippen LogP contribution in [-0.2, 0) is 0 Å². The molecular weight excluding hydrogens is 440 g/mol. The van der Waals surface area contributed by atoms with Gasteiger partial charge in [0.2, 0.25) is 0 Å². The minimum atomic E-state index is 0.0370. The SMILES string of the molecule is [C-]#[N+]NC(N)=NCC#Cc1ccc2ncnc(Nc3ccc(Oc4ccc(C)nc4)c(C)c3)c2c1. The van der Waals surface area contributed by atoms with Gasteiger partial charge >= 0.3 is 0 Å². The van der Waals surface area contributed by atoms with Crippen LogP contribution in [0.15, 0.2) is 66.0 Å². The molecule has 9 nitrogen and oxygen atoms in total. The predicted octanol–water partition coefficient (Wildman–Crippen LogP) is 4.27. The summed E-state index contributed by atoms with van der Waals surface area (Å²) >= 11 is 0. The molecule has 9 heteroatoms. The van der Waals surface area contributed by atoms with Crippen molar-refractivity contribution in [2.75, 3.05) is 11.9 Å². The summed E-state index contributed by atoms with van der Waals surface area (Å²) in [7, 11) is 0. The van der Waals surface area contributed by atoms with Crippen molar-refractivity contribution in [2.45, 2.75) is 13.8 Å². The molecule has 0 aliphatic heterocycles. The first-order valence-corrected chi connectivity index (χ1v) is 10.7. The number of fused-ring (bicyclic) bond motifs is 1. The highest BCUT2D eigenvalue weighted by molar-refractivity contribution is 5.91. The molecule has 0 aliphatic carbocycles. The fourth-order valence-corrected chi connectivity index (χ4v) is 3.21. The fourth-order valence-electron chi connectivity index (χ4n) is 3.21. The third-order valence-electron chi connectivity index (χ3n) is 4.92. The Morgan fingerprint density at radius 1 is 1.11 bits per heavy atom. The molecule has 2 heterocycles. The highest BCUT2D eigenvalue weighted by Gasteiger charge is 2.08. The van der Waals surface area contributed by atoms with Gasteiger partial charge in [0, 0.05) is 22.3 Å². The van der Waals surface area contributed by atoms with Crippen molar-refractivity contribution in [1.82, 2.24) is 20.4 Å². The Morgan fingerprint density at radius 3 is 2.77 bits per heavy atom. The largest absolute Gasteiger partial charge is 0.455 e. The second kappa shape index (κ2) is 10.6. The van der Waals surface area contributed by atoms with Crippen molar-refractivity contribution in [2.24, 2.45) is 10.7 Å². The molecule has 35 heavy (non-hydrogen) atoms. The topological polar surface area (TPSA) is 115 Å². The number of nitrogens with two attached hydrogens (primary N) is 1. The maximum absolute atomic E-state index is 6.69. The minimum Gasteiger partial charge on any atom is -0.455 e. The third kappa shape index (κ3) is 6.01. The van der Waals surface area contributed by atoms with Crippen molar-refractivity contribution < 1.29 is 4.74 Å². The van der Waals surface area contributed by atoms with Crippen LogP contribution in [0, 0.1) is 32.3 Å². The zero-order valence-electron chi connectivity index (χ0n) is 19.2. The van der Waals surface area contributed by atoms with Crippen molar-refractivity contribution in [1.29, 1.82) is 0 Å². The first-order valence-electron chi connectivity index (χ1n) is 10.7. The molecule has 0 saturated carbocycles. The zero-order chi connectivity index (χ0) is 24.6. The summed E-state index contributed by atoms with van der Waals surface area (Å²) in [4.78, 5) is 19.9. The highest BCUT2D eigenvalue weighted by Crippen LogP contribution is 2.29. The lowest BCUT2D eigenvalue weighted by Crippen LogP contribution is -2.25. The van der Waals surface area contributed by atoms with Gasteiger partial charge in [-0.1, -0.05) is 17.3 Å². The van der Waals surface area contributed by atoms with E-state index in [1.54, 1.807) is 6.20 Å². The van der Waals surface area contributed by atoms with Gasteiger partial charge in [0.05, 0.1) is 11.7 Å². The first kappa shape index (κ1) is 23.0. The lowest BCUT2D eigenvalue weighted by atomic mass is 10.1. The van der Waals surface area contributed by atoms with Gasteiger partial charge in [-0.05, 0) is 67.9 Å². The summed E-state index contributed by atoms with van der Waals surface area (Å²) in [5.74, 6) is 8.11. The van der Waals surface area contributed by atoms with E-state index in [1.165, 1.54) is 6.33 Å². The Balaban J connectivity index is 1.53. The monoisotopic (exact) mass is 462 g/mol. The normalized spacial score (nSPS) is 10.7. The van der Waals surface area contributed by atoms with E-state index in [-0.39, 0.29) is 12.5 Å². The van der Waals surface area contributed by atoms with Crippen LogP contribution >= 0.6 is 0 Å². The second-order valence-corrected chi connectivity index (χ2v) is 7.52. The molecule has 0 saturated heterocycles. The molecule has 4 rings (SSSR count). The molecule has 0 aliphatic rings. The number of guanidine groups is 1. The number of ether oxygens (including phenoxy) is 1. The molecule has 172 valence electrons. The molecule has 0 spiro atoms. The Bertz CT molecular complexity index is 1490. The Hall–Kier alpha value is -5.15. The number of anilines is 2. The van der Waals surface area contributed by atoms with Crippen LogP contribution in [-0.4, -0.2) is 27.5 Å². The smallest absolute Gasteiger partial charge is 0.260 e. The Morgan fingerprint density at radius 2 is 2.00 bits per heavy atom. The van der Waals surface area contributed by atoms with Gasteiger partial charge in [-0.25, -0.2) is 15.0 Å². The molecule has 0 amide bonds. The van der Waals surface area contributed by atoms with E-state index in [0.29, 0.717) is 11.6 Å². The molecular formula is C26H22N8O. The maximum Gasteiger partial charge on any atom is 0.260 e. The quantitative estimate of drug-likeness (QED) is 0.133. The third-order valence-corrected chi connectivity index (χ3v) is 4.92. The molecule has 2 aromatic heterocycles. The highest BCUT2D eigenvalue weighted by atomic mass is 16.5.